The van der Waals surface area contributed by atoms with Gasteiger partial charge in [-0.15, -0.1) is 0 Å². The number of nitrogens with two attached hydrogens (primary N) is 1. The van der Waals surface area contributed by atoms with E-state index in [9.17, 15) is 4.79 Å². The smallest absolute Gasteiger partial charge is 0.252 e. The minimum Gasteiger partial charge on any atom is -0.383 e. The number of carbonyl (C=O) groups is 1. The van der Waals surface area contributed by atoms with Gasteiger partial charge < -0.3 is 5.73 Å². The highest BCUT2D eigenvalue weighted by Crippen LogP contribution is 2.32. The Morgan fingerprint density at radius 3 is 2.94 bits per heavy atom. The molecule has 2 aliphatic rings. The highest BCUT2D eigenvalue weighted by molar-refractivity contribution is 6.11. The summed E-state index contributed by atoms with van der Waals surface area (Å²) in [6.45, 7) is 0. The lowest BCUT2D eigenvalue weighted by molar-refractivity contribution is -0.117. The molecular formula is C14H14N2O. The van der Waals surface area contributed by atoms with E-state index in [1.165, 1.54) is 12.0 Å². The third-order valence-electron chi connectivity index (χ3n) is 3.38. The van der Waals surface area contributed by atoms with Crippen LogP contribution in [0.3, 0.4) is 0 Å². The maximum Gasteiger partial charge on any atom is 0.252 e. The highest BCUT2D eigenvalue weighted by Gasteiger charge is 2.22. The van der Waals surface area contributed by atoms with Crippen molar-refractivity contribution in [1.82, 2.24) is 0 Å². The number of allylic oxidation sites excluding steroid dienone is 2. The van der Waals surface area contributed by atoms with Crippen LogP contribution in [0.1, 0.15) is 36.0 Å². The Balaban J connectivity index is 2.18. The zero-order chi connectivity index (χ0) is 11.8. The fraction of sp³-hybridized carbons (Fsp3) is 0.286. The molecule has 1 aromatic rings. The molecule has 1 aliphatic heterocycles. The Morgan fingerprint density at radius 1 is 1.29 bits per heavy atom. The third-order valence-corrected chi connectivity index (χ3v) is 3.38. The van der Waals surface area contributed by atoms with Gasteiger partial charge in [-0.2, -0.15) is 4.99 Å². The first kappa shape index (κ1) is 10.3. The van der Waals surface area contributed by atoms with Gasteiger partial charge in [-0.3, -0.25) is 4.79 Å². The topological polar surface area (TPSA) is 55.4 Å². The van der Waals surface area contributed by atoms with E-state index in [0.717, 1.165) is 29.5 Å². The lowest BCUT2D eigenvalue weighted by Gasteiger charge is -2.17. The molecule has 0 aromatic heterocycles. The summed E-state index contributed by atoms with van der Waals surface area (Å²) in [6, 6.07) is 6.04. The molecule has 1 heterocycles. The monoisotopic (exact) mass is 226 g/mol. The van der Waals surface area contributed by atoms with Crippen molar-refractivity contribution in [3.63, 3.8) is 0 Å². The summed E-state index contributed by atoms with van der Waals surface area (Å²) >= 11 is 0. The van der Waals surface area contributed by atoms with Crippen LogP contribution in [0, 0.1) is 0 Å². The van der Waals surface area contributed by atoms with E-state index >= 15 is 0 Å². The number of rotatable bonds is 1. The largest absolute Gasteiger partial charge is 0.383 e. The molecule has 2 N–H and O–H groups in total. The molecule has 3 nitrogen and oxygen atoms in total. The predicted octanol–water partition coefficient (Wildman–Crippen LogP) is 2.04. The van der Waals surface area contributed by atoms with Crippen molar-refractivity contribution in [1.29, 1.82) is 0 Å². The van der Waals surface area contributed by atoms with E-state index in [-0.39, 0.29) is 5.91 Å². The number of amidine groups is 1. The summed E-state index contributed by atoms with van der Waals surface area (Å²) in [5, 5.41) is 0. The van der Waals surface area contributed by atoms with E-state index in [0.29, 0.717) is 12.3 Å². The van der Waals surface area contributed by atoms with Gasteiger partial charge in [0.25, 0.3) is 5.91 Å². The van der Waals surface area contributed by atoms with Gasteiger partial charge in [0.2, 0.25) is 0 Å². The van der Waals surface area contributed by atoms with Crippen LogP contribution in [-0.2, 0) is 11.2 Å². The van der Waals surface area contributed by atoms with Crippen LogP contribution in [0.4, 0.5) is 0 Å². The third kappa shape index (κ3) is 1.68. The second-order valence-corrected chi connectivity index (χ2v) is 4.53. The van der Waals surface area contributed by atoms with E-state index in [1.54, 1.807) is 0 Å². The molecule has 1 aromatic carbocycles. The van der Waals surface area contributed by atoms with Crippen molar-refractivity contribution in [3.05, 3.63) is 41.0 Å². The summed E-state index contributed by atoms with van der Waals surface area (Å²) in [5.74, 6) is 0.229. The van der Waals surface area contributed by atoms with Gasteiger partial charge in [0.15, 0.2) is 0 Å². The number of hydrogen-bond donors (Lipinski definition) is 1. The highest BCUT2D eigenvalue weighted by atomic mass is 16.1. The molecule has 0 saturated heterocycles. The van der Waals surface area contributed by atoms with Crippen LogP contribution >= 0.6 is 0 Å². The van der Waals surface area contributed by atoms with Gasteiger partial charge in [0.1, 0.15) is 5.84 Å². The number of benzene rings is 1. The van der Waals surface area contributed by atoms with Crippen LogP contribution in [-0.4, -0.2) is 11.7 Å². The van der Waals surface area contributed by atoms with E-state index < -0.39 is 0 Å². The number of amides is 1. The molecule has 86 valence electrons. The molecule has 3 heteroatoms. The Kier molecular flexibility index (Phi) is 2.32. The first-order chi connectivity index (χ1) is 8.25. The summed E-state index contributed by atoms with van der Waals surface area (Å²) in [6.07, 6.45) is 6.07. The number of aliphatic imine (C=N–C) groups is 1. The molecule has 1 aliphatic carbocycles. The van der Waals surface area contributed by atoms with Crippen molar-refractivity contribution in [2.45, 2.75) is 25.7 Å². The van der Waals surface area contributed by atoms with Gasteiger partial charge >= 0.3 is 0 Å². The molecule has 0 atom stereocenters. The van der Waals surface area contributed by atoms with Crippen molar-refractivity contribution in [3.8, 4) is 0 Å². The Bertz CT molecular complexity index is 555. The van der Waals surface area contributed by atoms with Gasteiger partial charge in [-0.25, -0.2) is 0 Å². The summed E-state index contributed by atoms with van der Waals surface area (Å²) in [5.41, 5.74) is 10.4. The average Bonchev–Trinajstić information content (AvgIpc) is 2.80. The Morgan fingerprint density at radius 2 is 2.18 bits per heavy atom. The van der Waals surface area contributed by atoms with Crippen LogP contribution in [0.15, 0.2) is 29.3 Å². The zero-order valence-electron chi connectivity index (χ0n) is 9.57. The number of hydrogen-bond acceptors (Lipinski definition) is 2. The average molecular weight is 226 g/mol. The van der Waals surface area contributed by atoms with Crippen molar-refractivity contribution >= 4 is 17.3 Å². The molecule has 0 bridgehead atoms. The maximum absolute atomic E-state index is 11.4. The fourth-order valence-electron chi connectivity index (χ4n) is 2.63. The van der Waals surface area contributed by atoms with E-state index in [1.807, 2.05) is 12.1 Å². The second kappa shape index (κ2) is 3.84. The first-order valence-electron chi connectivity index (χ1n) is 5.94. The van der Waals surface area contributed by atoms with E-state index in [2.05, 4.69) is 17.1 Å². The number of nitrogens with zero attached hydrogens (tertiary/aromatic N) is 1. The molecule has 17 heavy (non-hydrogen) atoms. The van der Waals surface area contributed by atoms with Crippen LogP contribution in [0.2, 0.25) is 0 Å². The van der Waals surface area contributed by atoms with E-state index in [4.69, 9.17) is 5.73 Å². The minimum absolute atomic E-state index is 0.146. The normalized spacial score (nSPS) is 18.7. The van der Waals surface area contributed by atoms with Crippen LogP contribution in [0.25, 0.3) is 5.57 Å². The number of carbonyl (C=O) groups excluding carboxylic acids is 1. The molecule has 0 spiro atoms. The molecule has 0 radical (unpaired) electrons. The van der Waals surface area contributed by atoms with Crippen LogP contribution < -0.4 is 5.73 Å². The molecule has 0 unspecified atom stereocenters. The standard InChI is InChI=1S/C14H14N2O/c15-14-13-10(8-12(17)16-14)6-3-7-11(13)9-4-1-2-5-9/h3-4,6-7H,1-2,5,8H2,(H2,15,16,17). The van der Waals surface area contributed by atoms with Crippen molar-refractivity contribution < 1.29 is 4.79 Å². The van der Waals surface area contributed by atoms with Gasteiger partial charge in [0, 0.05) is 5.56 Å². The van der Waals surface area contributed by atoms with Gasteiger partial charge in [-0.05, 0) is 36.0 Å². The lowest BCUT2D eigenvalue weighted by atomic mass is 9.91. The maximum atomic E-state index is 11.4. The predicted molar refractivity (Wildman–Crippen MR) is 67.7 cm³/mol. The SMILES string of the molecule is NC1=NC(=O)Cc2cccc(C3=CCCC3)c21. The zero-order valence-corrected chi connectivity index (χ0v) is 9.57. The fourth-order valence-corrected chi connectivity index (χ4v) is 2.63. The minimum atomic E-state index is -0.146. The van der Waals surface area contributed by atoms with Crippen molar-refractivity contribution in [2.24, 2.45) is 10.7 Å². The van der Waals surface area contributed by atoms with Gasteiger partial charge in [-0.1, -0.05) is 24.3 Å². The quantitative estimate of drug-likeness (QED) is 0.796. The summed E-state index contributed by atoms with van der Waals surface area (Å²) in [7, 11) is 0. The summed E-state index contributed by atoms with van der Waals surface area (Å²) in [4.78, 5) is 15.3. The Hall–Kier alpha value is -1.90. The van der Waals surface area contributed by atoms with Crippen molar-refractivity contribution in [2.75, 3.05) is 0 Å². The molecule has 0 saturated carbocycles. The summed E-state index contributed by atoms with van der Waals surface area (Å²) < 4.78 is 0. The first-order valence-corrected chi connectivity index (χ1v) is 5.94. The lowest BCUT2D eigenvalue weighted by Crippen LogP contribution is -2.25. The second-order valence-electron chi connectivity index (χ2n) is 4.53. The van der Waals surface area contributed by atoms with Gasteiger partial charge in [0.05, 0.1) is 6.42 Å². The Labute approximate surface area is 100 Å². The molecular weight excluding hydrogens is 212 g/mol. The molecule has 0 fully saturated rings. The molecule has 3 rings (SSSR count). The molecule has 1 amide bonds. The van der Waals surface area contributed by atoms with Crippen LogP contribution in [0.5, 0.6) is 0 Å². The number of fused-ring (bicyclic) bond motifs is 1.